The van der Waals surface area contributed by atoms with Crippen LogP contribution in [0, 0.1) is 17.0 Å². The number of hydrogen-bond donors (Lipinski definition) is 4. The van der Waals surface area contributed by atoms with E-state index >= 15 is 4.39 Å². The van der Waals surface area contributed by atoms with Gasteiger partial charge in [-0.15, -0.1) is 0 Å². The highest BCUT2D eigenvalue weighted by Gasteiger charge is 2.26. The highest BCUT2D eigenvalue weighted by molar-refractivity contribution is 7.91. The van der Waals surface area contributed by atoms with Crippen molar-refractivity contribution in [3.63, 3.8) is 0 Å². The van der Waals surface area contributed by atoms with Crippen molar-refractivity contribution < 1.29 is 41.7 Å². The molecule has 0 atom stereocenters. The number of pyridine rings is 1. The average molecular weight is 590 g/mol. The average Bonchev–Trinajstić information content (AvgIpc) is 3.34. The minimum atomic E-state index is -3.90. The molecule has 0 spiro atoms. The number of hydrogen-bond acceptors (Lipinski definition) is 10. The largest absolute Gasteiger partial charge is 0.504 e. The van der Waals surface area contributed by atoms with E-state index < -0.39 is 50.6 Å². The summed E-state index contributed by atoms with van der Waals surface area (Å²) in [5.74, 6) is -6.67. The lowest BCUT2D eigenvalue weighted by atomic mass is 10.1. The van der Waals surface area contributed by atoms with Gasteiger partial charge in [-0.3, -0.25) is 15.2 Å². The number of halogens is 2. The van der Waals surface area contributed by atoms with E-state index in [4.69, 9.17) is 25.7 Å². The predicted octanol–water partition coefficient (Wildman–Crippen LogP) is 3.26. The zero-order chi connectivity index (χ0) is 29.9. The van der Waals surface area contributed by atoms with Gasteiger partial charge < -0.3 is 30.3 Å². The number of phenols is 1. The Morgan fingerprint density at radius 1 is 1.17 bits per heavy atom. The molecule has 0 amide bonds. The number of aliphatic carboxylic acids is 1. The molecule has 1 aromatic heterocycles. The molecule has 2 heterocycles. The monoisotopic (exact) mass is 589 g/mol. The van der Waals surface area contributed by atoms with Gasteiger partial charge in [-0.1, -0.05) is 0 Å². The van der Waals surface area contributed by atoms with Crippen LogP contribution in [0.1, 0.15) is 24.0 Å². The van der Waals surface area contributed by atoms with Gasteiger partial charge in [-0.05, 0) is 42.8 Å². The highest BCUT2D eigenvalue weighted by atomic mass is 32.2. The Kier molecular flexibility index (Phi) is 8.37. The summed E-state index contributed by atoms with van der Waals surface area (Å²) in [6.45, 7) is 0.892. The maximum Gasteiger partial charge on any atom is 0.303 e. The van der Waals surface area contributed by atoms with Crippen molar-refractivity contribution in [2.75, 3.05) is 25.9 Å². The summed E-state index contributed by atoms with van der Waals surface area (Å²) in [6, 6.07) is 7.34. The smallest absolute Gasteiger partial charge is 0.303 e. The van der Waals surface area contributed by atoms with E-state index in [1.54, 1.807) is 11.9 Å². The van der Waals surface area contributed by atoms with Gasteiger partial charge in [-0.25, -0.2) is 17.8 Å². The summed E-state index contributed by atoms with van der Waals surface area (Å²) in [4.78, 5) is 20.3. The van der Waals surface area contributed by atoms with Crippen LogP contribution in [-0.4, -0.2) is 72.0 Å². The van der Waals surface area contributed by atoms with Crippen molar-refractivity contribution in [1.82, 2.24) is 9.88 Å². The lowest BCUT2D eigenvalue weighted by Gasteiger charge is -2.19. The van der Waals surface area contributed by atoms with Crippen molar-refractivity contribution in [2.45, 2.75) is 17.7 Å². The van der Waals surface area contributed by atoms with Gasteiger partial charge in [-0.2, -0.15) is 4.39 Å². The molecule has 0 bridgehead atoms. The fourth-order valence-corrected chi connectivity index (χ4v) is 5.23. The molecule has 0 saturated carbocycles. The van der Waals surface area contributed by atoms with Crippen molar-refractivity contribution in [3.8, 4) is 28.9 Å². The van der Waals surface area contributed by atoms with Gasteiger partial charge in [0.2, 0.25) is 11.6 Å². The number of ether oxygens (including phenoxy) is 2. The molecule has 15 heteroatoms. The minimum Gasteiger partial charge on any atom is -0.504 e. The number of aromatic hydroxyl groups is 1. The molecule has 0 fully saturated rings. The third kappa shape index (κ3) is 6.51. The number of likely N-dealkylation sites (N-methyl/N-ethyl adjacent to an activating group) is 1. The number of benzene rings is 2. The number of sulfone groups is 1. The van der Waals surface area contributed by atoms with E-state index in [0.29, 0.717) is 25.1 Å². The van der Waals surface area contributed by atoms with E-state index in [2.05, 4.69) is 9.98 Å². The number of nitrogens with two attached hydrogens (primary N) is 1. The maximum absolute atomic E-state index is 15.5. The molecule has 1 aliphatic heterocycles. The van der Waals surface area contributed by atoms with E-state index in [9.17, 15) is 22.7 Å². The van der Waals surface area contributed by atoms with Crippen LogP contribution in [0.5, 0.6) is 28.9 Å². The molecular weight excluding hydrogens is 564 g/mol. The first kappa shape index (κ1) is 29.2. The van der Waals surface area contributed by atoms with Gasteiger partial charge in [0.05, 0.1) is 29.0 Å². The fraction of sp³-hybridized carbons (Fsp3) is 0.231. The maximum atomic E-state index is 15.5. The Hall–Kier alpha value is -4.79. The number of carboxylic acid groups (broad SMARTS) is 1. The zero-order valence-corrected chi connectivity index (χ0v) is 22.4. The summed E-state index contributed by atoms with van der Waals surface area (Å²) >= 11 is 0. The summed E-state index contributed by atoms with van der Waals surface area (Å²) < 4.78 is 67.0. The summed E-state index contributed by atoms with van der Waals surface area (Å²) in [5.41, 5.74) is 5.75. The number of aliphatic imine (C=N–C) groups is 1. The standard InChI is InChI=1S/C26H25F2N5O7S/c1-33-9-8-31-25(33)16-12-15(41(37,38)10-2-3-21(35)36)5-7-19(16)39-23-17(27)13-32-26(22(23)28)40-20-11-14(24(29)30)4-6-18(20)34/h4-7,11-13,34H,2-3,8-10H2,1H3,(H3,29,30)(H,35,36). The van der Waals surface area contributed by atoms with Crippen LogP contribution in [0.25, 0.3) is 0 Å². The predicted molar refractivity (Wildman–Crippen MR) is 143 cm³/mol. The van der Waals surface area contributed by atoms with Gasteiger partial charge in [0.1, 0.15) is 17.4 Å². The van der Waals surface area contributed by atoms with E-state index in [-0.39, 0.29) is 46.2 Å². The van der Waals surface area contributed by atoms with Crippen LogP contribution in [-0.2, 0) is 14.6 Å². The van der Waals surface area contributed by atoms with Gasteiger partial charge in [0.15, 0.2) is 27.2 Å². The molecule has 41 heavy (non-hydrogen) atoms. The molecule has 0 unspecified atom stereocenters. The molecule has 2 aromatic carbocycles. The molecule has 0 saturated heterocycles. The van der Waals surface area contributed by atoms with Crippen molar-refractivity contribution in [2.24, 2.45) is 10.7 Å². The minimum absolute atomic E-state index is 0.104. The molecule has 12 nitrogen and oxygen atoms in total. The lowest BCUT2D eigenvalue weighted by Crippen LogP contribution is -2.24. The number of rotatable bonds is 11. The van der Waals surface area contributed by atoms with Crippen molar-refractivity contribution >= 4 is 27.5 Å². The third-order valence-corrected chi connectivity index (χ3v) is 7.80. The Bertz CT molecular complexity index is 1660. The van der Waals surface area contributed by atoms with Crippen LogP contribution in [0.4, 0.5) is 8.78 Å². The lowest BCUT2D eigenvalue weighted by molar-refractivity contribution is -0.137. The molecule has 3 aromatic rings. The number of nitrogen functional groups attached to an aromatic ring is 1. The molecule has 216 valence electrons. The van der Waals surface area contributed by atoms with E-state index in [0.717, 1.165) is 0 Å². The van der Waals surface area contributed by atoms with Crippen molar-refractivity contribution in [3.05, 3.63) is 65.4 Å². The molecule has 4 rings (SSSR count). The number of phenolic OH excluding ortho intramolecular Hbond substituents is 1. The van der Waals surface area contributed by atoms with Gasteiger partial charge >= 0.3 is 5.97 Å². The third-order valence-electron chi connectivity index (χ3n) is 6.00. The van der Waals surface area contributed by atoms with Crippen molar-refractivity contribution in [1.29, 1.82) is 5.41 Å². The van der Waals surface area contributed by atoms with Gasteiger partial charge in [0, 0.05) is 25.6 Å². The Balaban J connectivity index is 1.72. The first-order chi connectivity index (χ1) is 19.4. The number of nitrogens with zero attached hydrogens (tertiary/aromatic N) is 3. The summed E-state index contributed by atoms with van der Waals surface area (Å²) in [5, 5.41) is 26.5. The van der Waals surface area contributed by atoms with Crippen LogP contribution in [0.3, 0.4) is 0 Å². The summed E-state index contributed by atoms with van der Waals surface area (Å²) in [6.07, 6.45) is 0.206. The Morgan fingerprint density at radius 3 is 2.59 bits per heavy atom. The molecule has 5 N–H and O–H groups in total. The topological polar surface area (TPSA) is 188 Å². The quantitative estimate of drug-likeness (QED) is 0.191. The number of nitrogens with one attached hydrogen (secondary N) is 1. The molecule has 0 radical (unpaired) electrons. The van der Waals surface area contributed by atoms with Crippen LogP contribution < -0.4 is 15.2 Å². The Morgan fingerprint density at radius 2 is 1.93 bits per heavy atom. The van der Waals surface area contributed by atoms with E-state index in [1.807, 2.05) is 0 Å². The first-order valence-corrected chi connectivity index (χ1v) is 13.7. The normalized spacial score (nSPS) is 13.1. The second-order valence-electron chi connectivity index (χ2n) is 8.96. The number of carboxylic acids is 1. The fourth-order valence-electron chi connectivity index (χ4n) is 3.90. The van der Waals surface area contributed by atoms with Gasteiger partial charge in [0.25, 0.3) is 5.88 Å². The second kappa shape index (κ2) is 11.8. The van der Waals surface area contributed by atoms with Crippen LogP contribution in [0.2, 0.25) is 0 Å². The van der Waals surface area contributed by atoms with Crippen LogP contribution in [0.15, 0.2) is 52.5 Å². The first-order valence-electron chi connectivity index (χ1n) is 12.1. The molecule has 1 aliphatic rings. The molecular formula is C26H25F2N5O7S. The zero-order valence-electron chi connectivity index (χ0n) is 21.6. The highest BCUT2D eigenvalue weighted by Crippen LogP contribution is 2.38. The Labute approximate surface area is 233 Å². The molecule has 0 aliphatic carbocycles. The summed E-state index contributed by atoms with van der Waals surface area (Å²) in [7, 11) is -2.21. The second-order valence-corrected chi connectivity index (χ2v) is 11.1. The van der Waals surface area contributed by atoms with Crippen LogP contribution >= 0.6 is 0 Å². The number of aromatic nitrogens is 1. The number of amidine groups is 2. The van der Waals surface area contributed by atoms with E-state index in [1.165, 1.54) is 36.4 Å². The SMILES string of the molecule is CN1CCN=C1c1cc(S(=O)(=O)CCCC(=O)O)ccc1Oc1c(F)cnc(Oc2cc(C(=N)N)ccc2O)c1F. The number of carbonyl (C=O) groups is 1.